The van der Waals surface area contributed by atoms with Crippen LogP contribution < -0.4 is 10.1 Å². The second-order valence-corrected chi connectivity index (χ2v) is 5.38. The van der Waals surface area contributed by atoms with Gasteiger partial charge in [0.1, 0.15) is 5.75 Å². The Labute approximate surface area is 115 Å². The van der Waals surface area contributed by atoms with Crippen molar-refractivity contribution >= 4 is 33.4 Å². The van der Waals surface area contributed by atoms with Crippen LogP contribution in [-0.2, 0) is 4.79 Å². The number of ether oxygens (including phenoxy) is 1. The van der Waals surface area contributed by atoms with Crippen LogP contribution in [0.4, 0.5) is 0 Å². The molecule has 0 unspecified atom stereocenters. The van der Waals surface area contributed by atoms with E-state index < -0.39 is 0 Å². The molecule has 0 aliphatic heterocycles. The van der Waals surface area contributed by atoms with E-state index >= 15 is 0 Å². The summed E-state index contributed by atoms with van der Waals surface area (Å²) in [4.78, 5) is 11.4. The van der Waals surface area contributed by atoms with Crippen molar-refractivity contribution < 1.29 is 9.53 Å². The number of halogens is 2. The standard InChI is InChI=1S/C12H15BrClNO2/c1-8(2)6-15-12(16)7-17-11-4-3-9(13)5-10(11)14/h3-5,8H,6-7H2,1-2H3,(H,15,16). The second kappa shape index (κ2) is 6.87. The lowest BCUT2D eigenvalue weighted by molar-refractivity contribution is -0.123. The molecule has 0 heterocycles. The van der Waals surface area contributed by atoms with Crippen molar-refractivity contribution in [2.24, 2.45) is 5.92 Å². The SMILES string of the molecule is CC(C)CNC(=O)COc1ccc(Br)cc1Cl. The zero-order chi connectivity index (χ0) is 12.8. The molecule has 5 heteroatoms. The molecule has 3 nitrogen and oxygen atoms in total. The van der Waals surface area contributed by atoms with E-state index in [1.807, 2.05) is 19.9 Å². The first-order chi connectivity index (χ1) is 7.99. The molecule has 1 amide bonds. The number of hydrogen-bond donors (Lipinski definition) is 1. The lowest BCUT2D eigenvalue weighted by Gasteiger charge is -2.10. The molecule has 0 bridgehead atoms. The molecule has 1 rings (SSSR count). The molecule has 0 saturated heterocycles. The highest BCUT2D eigenvalue weighted by Gasteiger charge is 2.06. The number of rotatable bonds is 5. The monoisotopic (exact) mass is 319 g/mol. The highest BCUT2D eigenvalue weighted by atomic mass is 79.9. The first kappa shape index (κ1) is 14.3. The summed E-state index contributed by atoms with van der Waals surface area (Å²) in [7, 11) is 0. The van der Waals surface area contributed by atoms with Gasteiger partial charge in [0.15, 0.2) is 6.61 Å². The fourth-order valence-corrected chi connectivity index (χ4v) is 1.83. The number of nitrogens with one attached hydrogen (secondary N) is 1. The van der Waals surface area contributed by atoms with Gasteiger partial charge in [-0.25, -0.2) is 0 Å². The molecular weight excluding hydrogens is 305 g/mol. The van der Waals surface area contributed by atoms with Gasteiger partial charge < -0.3 is 10.1 Å². The number of benzene rings is 1. The number of carbonyl (C=O) groups excluding carboxylic acids is 1. The molecule has 0 aliphatic rings. The van der Waals surface area contributed by atoms with Crippen molar-refractivity contribution in [3.8, 4) is 5.75 Å². The van der Waals surface area contributed by atoms with Crippen molar-refractivity contribution in [3.05, 3.63) is 27.7 Å². The first-order valence-electron chi connectivity index (χ1n) is 5.33. The Morgan fingerprint density at radius 2 is 2.24 bits per heavy atom. The molecule has 0 radical (unpaired) electrons. The summed E-state index contributed by atoms with van der Waals surface area (Å²) in [5.41, 5.74) is 0. The molecule has 0 aliphatic carbocycles. The van der Waals surface area contributed by atoms with E-state index in [0.29, 0.717) is 23.2 Å². The van der Waals surface area contributed by atoms with Crippen LogP contribution in [0.5, 0.6) is 5.75 Å². The van der Waals surface area contributed by atoms with Crippen molar-refractivity contribution in [3.63, 3.8) is 0 Å². The van der Waals surface area contributed by atoms with Gasteiger partial charge in [-0.05, 0) is 24.1 Å². The molecule has 0 fully saturated rings. The number of amides is 1. The summed E-state index contributed by atoms with van der Waals surface area (Å²) in [6, 6.07) is 5.26. The topological polar surface area (TPSA) is 38.3 Å². The molecular formula is C12H15BrClNO2. The molecule has 1 aromatic rings. The first-order valence-corrected chi connectivity index (χ1v) is 6.50. The van der Waals surface area contributed by atoms with E-state index in [1.54, 1.807) is 12.1 Å². The van der Waals surface area contributed by atoms with Crippen molar-refractivity contribution in [1.29, 1.82) is 0 Å². The molecule has 1 aromatic carbocycles. The molecule has 17 heavy (non-hydrogen) atoms. The normalized spacial score (nSPS) is 10.4. The van der Waals surface area contributed by atoms with Gasteiger partial charge >= 0.3 is 0 Å². The number of hydrogen-bond acceptors (Lipinski definition) is 2. The third-order valence-corrected chi connectivity index (χ3v) is 2.75. The van der Waals surface area contributed by atoms with Crippen LogP contribution in [0.25, 0.3) is 0 Å². The summed E-state index contributed by atoms with van der Waals surface area (Å²) < 4.78 is 6.20. The minimum atomic E-state index is -0.141. The average Bonchev–Trinajstić information content (AvgIpc) is 2.25. The minimum Gasteiger partial charge on any atom is -0.482 e. The lowest BCUT2D eigenvalue weighted by atomic mass is 10.2. The Morgan fingerprint density at radius 3 is 2.82 bits per heavy atom. The molecule has 0 spiro atoms. The van der Waals surface area contributed by atoms with Gasteiger partial charge in [-0.3, -0.25) is 4.79 Å². The summed E-state index contributed by atoms with van der Waals surface area (Å²) in [6.45, 7) is 4.70. The average molecular weight is 321 g/mol. The predicted octanol–water partition coefficient (Wildman–Crippen LogP) is 3.25. The molecule has 1 N–H and O–H groups in total. The predicted molar refractivity (Wildman–Crippen MR) is 72.5 cm³/mol. The Balaban J connectivity index is 2.42. The second-order valence-electron chi connectivity index (χ2n) is 4.06. The molecule has 0 saturated carbocycles. The zero-order valence-electron chi connectivity index (χ0n) is 9.80. The van der Waals surface area contributed by atoms with E-state index in [9.17, 15) is 4.79 Å². The Morgan fingerprint density at radius 1 is 1.53 bits per heavy atom. The lowest BCUT2D eigenvalue weighted by Crippen LogP contribution is -2.31. The highest BCUT2D eigenvalue weighted by molar-refractivity contribution is 9.10. The Hall–Kier alpha value is -0.740. The molecule has 0 aromatic heterocycles. The largest absolute Gasteiger partial charge is 0.482 e. The molecule has 0 atom stereocenters. The van der Waals surface area contributed by atoms with Gasteiger partial charge in [0.05, 0.1) is 5.02 Å². The zero-order valence-corrected chi connectivity index (χ0v) is 12.1. The van der Waals surface area contributed by atoms with E-state index in [4.69, 9.17) is 16.3 Å². The Bertz CT molecular complexity index is 396. The van der Waals surface area contributed by atoms with Crippen LogP contribution in [0.15, 0.2) is 22.7 Å². The van der Waals surface area contributed by atoms with Crippen molar-refractivity contribution in [1.82, 2.24) is 5.32 Å². The van der Waals surface area contributed by atoms with Crippen LogP contribution in [-0.4, -0.2) is 19.1 Å². The van der Waals surface area contributed by atoms with Gasteiger partial charge in [-0.2, -0.15) is 0 Å². The summed E-state index contributed by atoms with van der Waals surface area (Å²) in [5.74, 6) is 0.794. The maximum absolute atomic E-state index is 11.4. The fraction of sp³-hybridized carbons (Fsp3) is 0.417. The third-order valence-electron chi connectivity index (χ3n) is 1.96. The van der Waals surface area contributed by atoms with Gasteiger partial charge in [0, 0.05) is 11.0 Å². The van der Waals surface area contributed by atoms with Gasteiger partial charge in [-0.1, -0.05) is 41.4 Å². The van der Waals surface area contributed by atoms with Gasteiger partial charge in [-0.15, -0.1) is 0 Å². The number of carbonyl (C=O) groups is 1. The quantitative estimate of drug-likeness (QED) is 0.904. The molecule has 94 valence electrons. The highest BCUT2D eigenvalue weighted by Crippen LogP contribution is 2.27. The van der Waals surface area contributed by atoms with E-state index in [1.165, 1.54) is 0 Å². The summed E-state index contributed by atoms with van der Waals surface area (Å²) >= 11 is 9.25. The third kappa shape index (κ3) is 5.41. The van der Waals surface area contributed by atoms with Crippen LogP contribution in [0, 0.1) is 5.92 Å². The van der Waals surface area contributed by atoms with Gasteiger partial charge in [0.2, 0.25) is 0 Å². The van der Waals surface area contributed by atoms with E-state index in [-0.39, 0.29) is 12.5 Å². The van der Waals surface area contributed by atoms with E-state index in [2.05, 4.69) is 21.2 Å². The van der Waals surface area contributed by atoms with Crippen molar-refractivity contribution in [2.75, 3.05) is 13.2 Å². The maximum Gasteiger partial charge on any atom is 0.257 e. The van der Waals surface area contributed by atoms with Crippen molar-refractivity contribution in [2.45, 2.75) is 13.8 Å². The minimum absolute atomic E-state index is 0.0198. The van der Waals surface area contributed by atoms with Crippen LogP contribution >= 0.6 is 27.5 Å². The smallest absolute Gasteiger partial charge is 0.257 e. The fourth-order valence-electron chi connectivity index (χ4n) is 1.10. The summed E-state index contributed by atoms with van der Waals surface area (Å²) in [6.07, 6.45) is 0. The summed E-state index contributed by atoms with van der Waals surface area (Å²) in [5, 5.41) is 3.25. The van der Waals surface area contributed by atoms with Crippen LogP contribution in [0.3, 0.4) is 0 Å². The Kier molecular flexibility index (Phi) is 5.78. The van der Waals surface area contributed by atoms with E-state index in [0.717, 1.165) is 4.47 Å². The van der Waals surface area contributed by atoms with Crippen LogP contribution in [0.2, 0.25) is 5.02 Å². The maximum atomic E-state index is 11.4. The van der Waals surface area contributed by atoms with Crippen LogP contribution in [0.1, 0.15) is 13.8 Å². The van der Waals surface area contributed by atoms with Gasteiger partial charge in [0.25, 0.3) is 5.91 Å².